The van der Waals surface area contributed by atoms with Crippen LogP contribution in [0.25, 0.3) is 27.9 Å². The van der Waals surface area contributed by atoms with E-state index in [0.717, 1.165) is 79.6 Å². The fourth-order valence-corrected chi connectivity index (χ4v) is 8.24. The van der Waals surface area contributed by atoms with Crippen LogP contribution in [0.4, 0.5) is 11.6 Å². The van der Waals surface area contributed by atoms with Gasteiger partial charge in [-0.05, 0) is 138 Å². The number of aromatic nitrogens is 4. The fraction of sp³-hybridized carbons (Fsp3) is 0.206. The molecule has 8 aromatic rings. The van der Waals surface area contributed by atoms with E-state index < -0.39 is 11.9 Å². The topological polar surface area (TPSA) is 203 Å². The molecule has 2 aromatic heterocycles. The average Bonchev–Trinajstić information content (AvgIpc) is 3.92. The Hall–Kier alpha value is -8.38. The predicted molar refractivity (Wildman–Crippen MR) is 320 cm³/mol. The van der Waals surface area contributed by atoms with Crippen LogP contribution in [0.3, 0.4) is 0 Å². The van der Waals surface area contributed by atoms with Gasteiger partial charge < -0.3 is 31.3 Å². The van der Waals surface area contributed by atoms with Crippen LogP contribution in [0.5, 0.6) is 0 Å². The Labute approximate surface area is 470 Å². The first-order valence-corrected chi connectivity index (χ1v) is 26.2. The molecule has 0 spiro atoms. The van der Waals surface area contributed by atoms with Crippen molar-refractivity contribution >= 4 is 79.2 Å². The molecular formula is C63H67BrN10O5. The number of rotatable bonds is 13. The van der Waals surface area contributed by atoms with Crippen LogP contribution < -0.4 is 16.8 Å². The van der Waals surface area contributed by atoms with Gasteiger partial charge in [0.15, 0.2) is 0 Å². The molecule has 2 amide bonds. The molecule has 0 unspecified atom stereocenters. The van der Waals surface area contributed by atoms with Crippen LogP contribution in [0.2, 0.25) is 0 Å². The number of imide groups is 1. The van der Waals surface area contributed by atoms with Gasteiger partial charge in [-0.15, -0.1) is 0 Å². The summed E-state index contributed by atoms with van der Waals surface area (Å²) >= 11 is 3.45. The second-order valence-electron chi connectivity index (χ2n) is 19.6. The molecule has 79 heavy (non-hydrogen) atoms. The van der Waals surface area contributed by atoms with Crippen molar-refractivity contribution in [1.29, 1.82) is 0 Å². The zero-order valence-electron chi connectivity index (χ0n) is 45.8. The van der Waals surface area contributed by atoms with E-state index in [2.05, 4.69) is 153 Å². The van der Waals surface area contributed by atoms with Gasteiger partial charge >= 0.3 is 11.9 Å². The summed E-state index contributed by atoms with van der Waals surface area (Å²) in [5, 5.41) is 5.31. The highest BCUT2D eigenvalue weighted by Crippen LogP contribution is 2.24. The Kier molecular flexibility index (Phi) is 21.9. The number of anilines is 2. The largest absolute Gasteiger partial charge is 0.386 e. The van der Waals surface area contributed by atoms with Gasteiger partial charge in [0.1, 0.15) is 5.82 Å². The number of ether oxygens (including phenoxy) is 1. The SMILES string of the molecule is C/C(=C\c1ccc2nc(Cc3ccc(CN(C)C)cc3)ncc2c1)CN.C=C(C)CN.C=C(C)CN1C(=O)c2ccccc2C1=O.CN(C)Cc1ccc(Nc2ncc3cc(Br)ccc3n2)cc1.O=C1OC(=O)c2ccccc21. The minimum absolute atomic E-state index is 0.224. The summed E-state index contributed by atoms with van der Waals surface area (Å²) in [5.41, 5.74) is 23.2. The normalized spacial score (nSPS) is 12.3. The van der Waals surface area contributed by atoms with Crippen LogP contribution in [0.1, 0.15) is 90.3 Å². The maximum Gasteiger partial charge on any atom is 0.346 e. The van der Waals surface area contributed by atoms with E-state index in [9.17, 15) is 19.2 Å². The Balaban J connectivity index is 0.000000172. The summed E-state index contributed by atoms with van der Waals surface area (Å²) in [5.74, 6) is -0.0946. The number of cyclic esters (lactones) is 2. The Morgan fingerprint density at radius 1 is 0.620 bits per heavy atom. The number of carbonyl (C=O) groups is 4. The first-order valence-electron chi connectivity index (χ1n) is 25.4. The monoisotopic (exact) mass is 1120 g/mol. The standard InChI is InChI=1S/C22H26N4.C17H17BrN4.C12H11NO2.C8H4O3.C4H9N/c1-16(13-23)10-19-8-9-21-20(11-19)14-24-22(25-21)12-17-4-6-18(7-5-17)15-26(2)3;1-22(2)11-12-3-6-15(7-4-12)20-17-19-10-13-9-14(18)5-8-16(13)21-17;1-8(2)7-13-11(14)9-5-3-4-6-10(9)12(13)15;9-7-5-3-1-2-4-6(5)8(10)11-7;1-4(2)3-5/h4-11,14H,12-13,15,23H2,1-3H3;3-10H,11H2,1-2H3,(H,19,20,21);3-6H,1,7H2,2H3;1-4H;1,3,5H2,2H3/b16-10+;;;;. The summed E-state index contributed by atoms with van der Waals surface area (Å²) in [7, 11) is 8.28. The van der Waals surface area contributed by atoms with E-state index in [1.165, 1.54) is 21.6 Å². The van der Waals surface area contributed by atoms with Crippen molar-refractivity contribution < 1.29 is 23.9 Å². The van der Waals surface area contributed by atoms with Gasteiger partial charge in [-0.1, -0.05) is 119 Å². The molecule has 2 aliphatic rings. The van der Waals surface area contributed by atoms with Crippen molar-refractivity contribution in [2.75, 3.05) is 53.1 Å². The molecule has 15 nitrogen and oxygen atoms in total. The molecule has 0 radical (unpaired) electrons. The number of amides is 2. The third-order valence-electron chi connectivity index (χ3n) is 11.7. The van der Waals surface area contributed by atoms with Gasteiger partial charge in [0.25, 0.3) is 11.8 Å². The number of benzene rings is 6. The number of hydrogen-bond donors (Lipinski definition) is 3. The highest BCUT2D eigenvalue weighted by Gasteiger charge is 2.34. The quantitative estimate of drug-likeness (QED) is 0.0426. The number of hydrogen-bond acceptors (Lipinski definition) is 14. The van der Waals surface area contributed by atoms with Gasteiger partial charge in [0.2, 0.25) is 5.95 Å². The lowest BCUT2D eigenvalue weighted by molar-refractivity contribution is 0.0442. The molecule has 406 valence electrons. The van der Waals surface area contributed by atoms with E-state index in [1.807, 2.05) is 56.6 Å². The molecule has 10 rings (SSSR count). The molecule has 2 aliphatic heterocycles. The molecular weight excluding hydrogens is 1060 g/mol. The Morgan fingerprint density at radius 2 is 1.11 bits per heavy atom. The molecule has 0 aliphatic carbocycles. The zero-order valence-corrected chi connectivity index (χ0v) is 47.4. The summed E-state index contributed by atoms with van der Waals surface area (Å²) in [6.45, 7) is 16.3. The van der Waals surface area contributed by atoms with Crippen molar-refractivity contribution in [3.05, 3.63) is 231 Å². The predicted octanol–water partition coefficient (Wildman–Crippen LogP) is 11.2. The van der Waals surface area contributed by atoms with Crippen molar-refractivity contribution in [1.82, 2.24) is 34.6 Å². The number of nitrogens with one attached hydrogen (secondary N) is 1. The fourth-order valence-electron chi connectivity index (χ4n) is 7.86. The summed E-state index contributed by atoms with van der Waals surface area (Å²) in [6, 6.07) is 42.6. The highest BCUT2D eigenvalue weighted by atomic mass is 79.9. The van der Waals surface area contributed by atoms with Crippen molar-refractivity contribution in [2.24, 2.45) is 11.5 Å². The van der Waals surface area contributed by atoms with Crippen LogP contribution in [0.15, 0.2) is 180 Å². The van der Waals surface area contributed by atoms with E-state index >= 15 is 0 Å². The van der Waals surface area contributed by atoms with Gasteiger partial charge in [-0.25, -0.2) is 29.5 Å². The third kappa shape index (κ3) is 17.8. The number of halogens is 1. The van der Waals surface area contributed by atoms with E-state index in [1.54, 1.807) is 55.5 Å². The molecule has 4 heterocycles. The van der Waals surface area contributed by atoms with Gasteiger partial charge in [-0.3, -0.25) is 14.5 Å². The van der Waals surface area contributed by atoms with Crippen LogP contribution >= 0.6 is 15.9 Å². The van der Waals surface area contributed by atoms with Gasteiger partial charge in [-0.2, -0.15) is 0 Å². The Bertz CT molecular complexity index is 3440. The van der Waals surface area contributed by atoms with Crippen LogP contribution in [-0.4, -0.2) is 106 Å². The summed E-state index contributed by atoms with van der Waals surface area (Å²) in [6.07, 6.45) is 6.58. The van der Waals surface area contributed by atoms with Crippen LogP contribution in [0, 0.1) is 0 Å². The molecule has 6 aromatic carbocycles. The van der Waals surface area contributed by atoms with Gasteiger partial charge in [0, 0.05) is 72.5 Å². The maximum absolute atomic E-state index is 11.8. The molecule has 0 fully saturated rings. The lowest BCUT2D eigenvalue weighted by Gasteiger charge is -2.12. The van der Waals surface area contributed by atoms with Gasteiger partial charge in [0.05, 0.1) is 33.3 Å². The van der Waals surface area contributed by atoms with Crippen molar-refractivity contribution in [3.63, 3.8) is 0 Å². The molecule has 0 saturated heterocycles. The van der Waals surface area contributed by atoms with E-state index in [0.29, 0.717) is 47.8 Å². The average molecular weight is 1120 g/mol. The highest BCUT2D eigenvalue weighted by molar-refractivity contribution is 9.10. The smallest absolute Gasteiger partial charge is 0.346 e. The lowest BCUT2D eigenvalue weighted by Crippen LogP contribution is -2.31. The van der Waals surface area contributed by atoms with E-state index in [-0.39, 0.29) is 11.8 Å². The minimum atomic E-state index is -0.550. The number of nitrogens with two attached hydrogens (primary N) is 2. The third-order valence-corrected chi connectivity index (χ3v) is 12.2. The second kappa shape index (κ2) is 28.8. The number of esters is 2. The lowest BCUT2D eigenvalue weighted by atomic mass is 10.1. The minimum Gasteiger partial charge on any atom is -0.386 e. The van der Waals surface area contributed by atoms with Crippen molar-refractivity contribution in [2.45, 2.75) is 40.3 Å². The van der Waals surface area contributed by atoms with Crippen LogP contribution in [-0.2, 0) is 24.2 Å². The first kappa shape index (κ1) is 59.9. The maximum atomic E-state index is 11.8. The Morgan fingerprint density at radius 3 is 1.65 bits per heavy atom. The second-order valence-corrected chi connectivity index (χ2v) is 20.5. The molecule has 0 atom stereocenters. The zero-order chi connectivity index (χ0) is 57.2. The number of fused-ring (bicyclic) bond motifs is 4. The number of carbonyl (C=O) groups excluding carboxylic acids is 4. The summed E-state index contributed by atoms with van der Waals surface area (Å²) < 4.78 is 5.38. The number of nitrogens with zero attached hydrogens (tertiary/aromatic N) is 7. The molecule has 16 heteroatoms. The molecule has 0 saturated carbocycles. The molecule has 5 N–H and O–H groups in total. The van der Waals surface area contributed by atoms with E-state index in [4.69, 9.17) is 16.5 Å². The first-order chi connectivity index (χ1) is 37.8. The molecule has 0 bridgehead atoms. The van der Waals surface area contributed by atoms with Crippen molar-refractivity contribution in [3.8, 4) is 0 Å². The summed E-state index contributed by atoms with van der Waals surface area (Å²) in [4.78, 5) is 69.0.